The Morgan fingerprint density at radius 1 is 1.61 bits per heavy atom. The summed E-state index contributed by atoms with van der Waals surface area (Å²) < 4.78 is 5.44. The molecule has 0 saturated carbocycles. The van der Waals surface area contributed by atoms with Crippen LogP contribution in [0.3, 0.4) is 0 Å². The molecule has 18 heavy (non-hydrogen) atoms. The number of hydrogen-bond donors (Lipinski definition) is 1. The zero-order chi connectivity index (χ0) is 13.2. The molecule has 0 radical (unpaired) electrons. The van der Waals surface area contributed by atoms with E-state index in [1.807, 2.05) is 12.1 Å². The van der Waals surface area contributed by atoms with Crippen LogP contribution in [0.4, 0.5) is 0 Å². The lowest BCUT2D eigenvalue weighted by molar-refractivity contribution is 0.0187. The van der Waals surface area contributed by atoms with Gasteiger partial charge in [-0.1, -0.05) is 0 Å². The molecule has 102 valence electrons. The van der Waals surface area contributed by atoms with E-state index in [-0.39, 0.29) is 5.54 Å². The van der Waals surface area contributed by atoms with Crippen LogP contribution in [0.1, 0.15) is 25.5 Å². The number of likely N-dealkylation sites (N-methyl/N-ethyl adjacent to an activating group) is 1. The quantitative estimate of drug-likeness (QED) is 0.881. The van der Waals surface area contributed by atoms with Gasteiger partial charge in [-0.3, -0.25) is 4.90 Å². The molecule has 1 fully saturated rings. The molecule has 0 amide bonds. The molecule has 1 aliphatic heterocycles. The summed E-state index contributed by atoms with van der Waals surface area (Å²) in [5.74, 6) is 1.01. The molecule has 1 aliphatic rings. The highest BCUT2D eigenvalue weighted by atomic mass is 16.3. The van der Waals surface area contributed by atoms with Gasteiger partial charge in [-0.05, 0) is 52.5 Å². The van der Waals surface area contributed by atoms with Crippen LogP contribution in [0.5, 0.6) is 0 Å². The fourth-order valence-electron chi connectivity index (χ4n) is 2.90. The van der Waals surface area contributed by atoms with Crippen molar-refractivity contribution in [3.63, 3.8) is 0 Å². The summed E-state index contributed by atoms with van der Waals surface area (Å²) in [6.45, 7) is 4.94. The lowest BCUT2D eigenvalue weighted by Gasteiger charge is -2.48. The van der Waals surface area contributed by atoms with Crippen molar-refractivity contribution >= 4 is 0 Å². The summed E-state index contributed by atoms with van der Waals surface area (Å²) in [4.78, 5) is 4.78. The average molecular weight is 251 g/mol. The zero-order valence-corrected chi connectivity index (χ0v) is 11.7. The molecule has 0 aromatic carbocycles. The number of rotatable bonds is 4. The Morgan fingerprint density at radius 3 is 2.94 bits per heavy atom. The molecule has 4 heteroatoms. The van der Waals surface area contributed by atoms with E-state index in [9.17, 15) is 0 Å². The largest absolute Gasteiger partial charge is 0.468 e. The number of likely N-dealkylation sites (tertiary alicyclic amines) is 1. The fourth-order valence-corrected chi connectivity index (χ4v) is 2.90. The molecular formula is C14H25N3O. The van der Waals surface area contributed by atoms with Crippen LogP contribution < -0.4 is 5.73 Å². The maximum absolute atomic E-state index is 6.08. The summed E-state index contributed by atoms with van der Waals surface area (Å²) >= 11 is 0. The van der Waals surface area contributed by atoms with Gasteiger partial charge in [0.2, 0.25) is 0 Å². The van der Waals surface area contributed by atoms with Crippen molar-refractivity contribution in [1.29, 1.82) is 0 Å². The number of furan rings is 1. The van der Waals surface area contributed by atoms with Crippen molar-refractivity contribution in [2.75, 3.05) is 27.2 Å². The van der Waals surface area contributed by atoms with Crippen molar-refractivity contribution in [2.45, 2.75) is 37.9 Å². The molecule has 2 N–H and O–H groups in total. The molecular weight excluding hydrogens is 226 g/mol. The normalized spacial score (nSPS) is 29.9. The minimum Gasteiger partial charge on any atom is -0.468 e. The first-order valence-corrected chi connectivity index (χ1v) is 6.71. The molecule has 2 unspecified atom stereocenters. The lowest BCUT2D eigenvalue weighted by atomic mass is 9.82. The Bertz CT molecular complexity index is 365. The van der Waals surface area contributed by atoms with Gasteiger partial charge in [0.25, 0.3) is 0 Å². The standard InChI is InChI=1S/C14H25N3O/c1-12-9-14(11-15,6-7-16(12)2)17(3)10-13-5-4-8-18-13/h4-5,8,12H,6-7,9-11,15H2,1-3H3. The lowest BCUT2D eigenvalue weighted by Crippen LogP contribution is -2.59. The Hall–Kier alpha value is -0.840. The summed E-state index contributed by atoms with van der Waals surface area (Å²) in [5.41, 5.74) is 6.19. The van der Waals surface area contributed by atoms with E-state index in [0.29, 0.717) is 12.6 Å². The third kappa shape index (κ3) is 2.60. The van der Waals surface area contributed by atoms with E-state index in [0.717, 1.165) is 31.7 Å². The van der Waals surface area contributed by atoms with Gasteiger partial charge in [-0.15, -0.1) is 0 Å². The maximum Gasteiger partial charge on any atom is 0.117 e. The van der Waals surface area contributed by atoms with Gasteiger partial charge >= 0.3 is 0 Å². The van der Waals surface area contributed by atoms with Crippen molar-refractivity contribution < 1.29 is 4.42 Å². The first-order chi connectivity index (χ1) is 8.57. The van der Waals surface area contributed by atoms with E-state index < -0.39 is 0 Å². The van der Waals surface area contributed by atoms with Crippen molar-refractivity contribution in [2.24, 2.45) is 5.73 Å². The fraction of sp³-hybridized carbons (Fsp3) is 0.714. The SMILES string of the molecule is CC1CC(CN)(N(C)Cc2ccco2)CCN1C. The first-order valence-electron chi connectivity index (χ1n) is 6.71. The van der Waals surface area contributed by atoms with Gasteiger partial charge in [-0.2, -0.15) is 0 Å². The smallest absolute Gasteiger partial charge is 0.117 e. The van der Waals surface area contributed by atoms with Gasteiger partial charge in [0, 0.05) is 18.1 Å². The molecule has 4 nitrogen and oxygen atoms in total. The van der Waals surface area contributed by atoms with Crippen LogP contribution in [0.15, 0.2) is 22.8 Å². The van der Waals surface area contributed by atoms with Crippen LogP contribution in [0.25, 0.3) is 0 Å². The molecule has 0 bridgehead atoms. The highest BCUT2D eigenvalue weighted by molar-refractivity contribution is 5.02. The molecule has 2 heterocycles. The summed E-state index contributed by atoms with van der Waals surface area (Å²) in [7, 11) is 4.35. The van der Waals surface area contributed by atoms with E-state index in [2.05, 4.69) is 30.8 Å². The van der Waals surface area contributed by atoms with Crippen molar-refractivity contribution in [1.82, 2.24) is 9.80 Å². The Labute approximate surface area is 110 Å². The topological polar surface area (TPSA) is 45.6 Å². The highest BCUT2D eigenvalue weighted by Crippen LogP contribution is 2.31. The first kappa shape index (κ1) is 13.6. The minimum atomic E-state index is 0.110. The summed E-state index contributed by atoms with van der Waals surface area (Å²) in [6, 6.07) is 4.55. The van der Waals surface area contributed by atoms with Crippen LogP contribution >= 0.6 is 0 Å². The van der Waals surface area contributed by atoms with Crippen molar-refractivity contribution in [3.05, 3.63) is 24.2 Å². The predicted molar refractivity (Wildman–Crippen MR) is 73.3 cm³/mol. The Kier molecular flexibility index (Phi) is 4.10. The van der Waals surface area contributed by atoms with E-state index in [1.54, 1.807) is 6.26 Å². The molecule has 0 aliphatic carbocycles. The zero-order valence-electron chi connectivity index (χ0n) is 11.7. The van der Waals surface area contributed by atoms with Gasteiger partial charge in [-0.25, -0.2) is 0 Å². The van der Waals surface area contributed by atoms with Crippen LogP contribution in [0, 0.1) is 0 Å². The van der Waals surface area contributed by atoms with E-state index >= 15 is 0 Å². The molecule has 1 aromatic heterocycles. The van der Waals surface area contributed by atoms with Gasteiger partial charge in [0.15, 0.2) is 0 Å². The third-order valence-corrected chi connectivity index (χ3v) is 4.52. The van der Waals surface area contributed by atoms with Gasteiger partial charge in [0.05, 0.1) is 12.8 Å². The number of nitrogens with two attached hydrogens (primary N) is 1. The highest BCUT2D eigenvalue weighted by Gasteiger charge is 2.39. The van der Waals surface area contributed by atoms with E-state index in [4.69, 9.17) is 10.2 Å². The summed E-state index contributed by atoms with van der Waals surface area (Å²) in [5, 5.41) is 0. The van der Waals surface area contributed by atoms with Crippen molar-refractivity contribution in [3.8, 4) is 0 Å². The second-order valence-corrected chi connectivity index (χ2v) is 5.65. The monoisotopic (exact) mass is 251 g/mol. The number of hydrogen-bond acceptors (Lipinski definition) is 4. The molecule has 1 saturated heterocycles. The third-order valence-electron chi connectivity index (χ3n) is 4.52. The molecule has 0 spiro atoms. The van der Waals surface area contributed by atoms with Crippen LogP contribution in [-0.2, 0) is 6.54 Å². The van der Waals surface area contributed by atoms with Gasteiger partial charge < -0.3 is 15.1 Å². The Balaban J connectivity index is 2.07. The van der Waals surface area contributed by atoms with Gasteiger partial charge in [0.1, 0.15) is 5.76 Å². The minimum absolute atomic E-state index is 0.110. The average Bonchev–Trinajstić information content (AvgIpc) is 2.85. The molecule has 1 aromatic rings. The predicted octanol–water partition coefficient (Wildman–Crippen LogP) is 1.52. The number of nitrogens with zero attached hydrogens (tertiary/aromatic N) is 2. The molecule has 2 atom stereocenters. The second kappa shape index (κ2) is 5.43. The summed E-state index contributed by atoms with van der Waals surface area (Å²) in [6.07, 6.45) is 3.98. The Morgan fingerprint density at radius 2 is 2.39 bits per heavy atom. The molecule has 2 rings (SSSR count). The number of piperidine rings is 1. The maximum atomic E-state index is 6.08. The van der Waals surface area contributed by atoms with E-state index in [1.165, 1.54) is 0 Å². The second-order valence-electron chi connectivity index (χ2n) is 5.65. The van der Waals surface area contributed by atoms with Crippen LogP contribution in [-0.4, -0.2) is 48.6 Å². The van der Waals surface area contributed by atoms with Crippen LogP contribution in [0.2, 0.25) is 0 Å².